The summed E-state index contributed by atoms with van der Waals surface area (Å²) in [5, 5.41) is 12.4. The van der Waals surface area contributed by atoms with E-state index >= 15 is 0 Å². The Morgan fingerprint density at radius 3 is 2.84 bits per heavy atom. The topological polar surface area (TPSA) is 71.5 Å². The van der Waals surface area contributed by atoms with E-state index in [1.54, 1.807) is 6.07 Å². The van der Waals surface area contributed by atoms with Crippen molar-refractivity contribution in [2.45, 2.75) is 26.7 Å². The maximum atomic E-state index is 11.2. The third-order valence-electron chi connectivity index (χ3n) is 3.68. The molecular weight excluding hydrogens is 244 g/mol. The molecule has 2 N–H and O–H groups in total. The van der Waals surface area contributed by atoms with Crippen LogP contribution in [0.25, 0.3) is 0 Å². The van der Waals surface area contributed by atoms with Gasteiger partial charge in [-0.3, -0.25) is 4.98 Å². The molecule has 0 aliphatic carbocycles. The van der Waals surface area contributed by atoms with Gasteiger partial charge in [0.05, 0.1) is 5.69 Å². The fourth-order valence-electron chi connectivity index (χ4n) is 2.23. The Morgan fingerprint density at radius 1 is 1.53 bits per heavy atom. The first-order valence-corrected chi connectivity index (χ1v) is 6.52. The second-order valence-electron chi connectivity index (χ2n) is 5.45. The van der Waals surface area contributed by atoms with E-state index in [1.165, 1.54) is 6.20 Å². The normalized spacial score (nSPS) is 18.0. The number of aromatic nitrogens is 1. The van der Waals surface area contributed by atoms with Gasteiger partial charge in [0.1, 0.15) is 5.56 Å². The molecule has 0 aromatic carbocycles. The van der Waals surface area contributed by atoms with Crippen molar-refractivity contribution in [3.63, 3.8) is 0 Å². The van der Waals surface area contributed by atoms with Crippen LogP contribution in [-0.2, 0) is 4.74 Å². The number of pyridine rings is 1. The summed E-state index contributed by atoms with van der Waals surface area (Å²) in [5.74, 6) is -0.952. The van der Waals surface area contributed by atoms with Crippen molar-refractivity contribution < 1.29 is 14.6 Å². The molecule has 5 heteroatoms. The molecule has 1 fully saturated rings. The van der Waals surface area contributed by atoms with Crippen LogP contribution in [0.5, 0.6) is 0 Å². The van der Waals surface area contributed by atoms with Crippen molar-refractivity contribution in [2.75, 3.05) is 25.1 Å². The van der Waals surface area contributed by atoms with E-state index < -0.39 is 5.97 Å². The number of nitrogens with one attached hydrogen (secondary N) is 1. The van der Waals surface area contributed by atoms with Crippen LogP contribution in [0.4, 0.5) is 5.69 Å². The summed E-state index contributed by atoms with van der Waals surface area (Å²) in [6.45, 7) is 6.36. The van der Waals surface area contributed by atoms with Crippen molar-refractivity contribution in [3.8, 4) is 0 Å². The zero-order valence-electron chi connectivity index (χ0n) is 11.4. The number of aromatic carboxylic acids is 1. The quantitative estimate of drug-likeness (QED) is 0.873. The van der Waals surface area contributed by atoms with Crippen LogP contribution in [0.1, 0.15) is 35.8 Å². The van der Waals surface area contributed by atoms with E-state index in [2.05, 4.69) is 17.2 Å². The summed E-state index contributed by atoms with van der Waals surface area (Å²) in [6, 6.07) is 1.78. The van der Waals surface area contributed by atoms with Gasteiger partial charge < -0.3 is 15.2 Å². The molecule has 1 aliphatic rings. The van der Waals surface area contributed by atoms with E-state index in [-0.39, 0.29) is 11.0 Å². The number of rotatable bonds is 4. The lowest BCUT2D eigenvalue weighted by molar-refractivity contribution is 0.0299. The van der Waals surface area contributed by atoms with Gasteiger partial charge in [0, 0.05) is 31.6 Å². The monoisotopic (exact) mass is 264 g/mol. The zero-order chi connectivity index (χ0) is 13.9. The van der Waals surface area contributed by atoms with Gasteiger partial charge in [0.25, 0.3) is 0 Å². The summed E-state index contributed by atoms with van der Waals surface area (Å²) in [7, 11) is 0. The summed E-state index contributed by atoms with van der Waals surface area (Å²) < 4.78 is 5.37. The van der Waals surface area contributed by atoms with E-state index in [0.29, 0.717) is 5.69 Å². The summed E-state index contributed by atoms with van der Waals surface area (Å²) in [4.78, 5) is 15.2. The number of carboxylic acids is 1. The van der Waals surface area contributed by atoms with Gasteiger partial charge in [0.2, 0.25) is 0 Å². The predicted octanol–water partition coefficient (Wildman–Crippen LogP) is 2.32. The number of ether oxygens (including phenoxy) is 1. The Balaban J connectivity index is 2.10. The van der Waals surface area contributed by atoms with E-state index in [9.17, 15) is 4.79 Å². The fraction of sp³-hybridized carbons (Fsp3) is 0.571. The molecule has 5 nitrogen and oxygen atoms in total. The molecule has 0 saturated carbocycles. The highest BCUT2D eigenvalue weighted by Gasteiger charge is 2.27. The number of carboxylic acid groups (broad SMARTS) is 1. The Morgan fingerprint density at radius 2 is 2.21 bits per heavy atom. The summed E-state index contributed by atoms with van der Waals surface area (Å²) in [5.41, 5.74) is 1.84. The Bertz CT molecular complexity index is 468. The molecule has 2 rings (SSSR count). The third-order valence-corrected chi connectivity index (χ3v) is 3.68. The minimum atomic E-state index is -0.952. The first kappa shape index (κ1) is 13.8. The number of hydrogen-bond acceptors (Lipinski definition) is 4. The second kappa shape index (κ2) is 5.57. The van der Waals surface area contributed by atoms with Gasteiger partial charge in [-0.15, -0.1) is 0 Å². The smallest absolute Gasteiger partial charge is 0.339 e. The van der Waals surface area contributed by atoms with Gasteiger partial charge in [-0.2, -0.15) is 0 Å². The van der Waals surface area contributed by atoms with Crippen LogP contribution in [0.15, 0.2) is 12.3 Å². The van der Waals surface area contributed by atoms with Crippen LogP contribution in [0.3, 0.4) is 0 Å². The molecule has 19 heavy (non-hydrogen) atoms. The Hall–Kier alpha value is -1.62. The number of carbonyl (C=O) groups is 1. The third kappa shape index (κ3) is 3.44. The highest BCUT2D eigenvalue weighted by atomic mass is 16.5. The maximum absolute atomic E-state index is 11.2. The van der Waals surface area contributed by atoms with E-state index in [4.69, 9.17) is 9.84 Å². The molecule has 0 atom stereocenters. The predicted molar refractivity (Wildman–Crippen MR) is 72.6 cm³/mol. The van der Waals surface area contributed by atoms with Crippen LogP contribution in [0, 0.1) is 12.3 Å². The molecule has 1 aromatic heterocycles. The average Bonchev–Trinajstić information content (AvgIpc) is 2.37. The number of hydrogen-bond donors (Lipinski definition) is 2. The molecule has 1 aromatic rings. The van der Waals surface area contributed by atoms with E-state index in [1.807, 2.05) is 6.92 Å². The molecule has 0 bridgehead atoms. The maximum Gasteiger partial charge on any atom is 0.339 e. The standard InChI is InChI=1S/C14H20N2O3/c1-10-7-12(11(8-15-10)13(17)18)16-9-14(2)3-5-19-6-4-14/h7-8H,3-6,9H2,1-2H3,(H,15,16)(H,17,18). The van der Waals surface area contributed by atoms with Crippen molar-refractivity contribution in [3.05, 3.63) is 23.5 Å². The zero-order valence-corrected chi connectivity index (χ0v) is 11.4. The molecule has 1 saturated heterocycles. The minimum absolute atomic E-state index is 0.158. The lowest BCUT2D eigenvalue weighted by Crippen LogP contribution is -2.33. The van der Waals surface area contributed by atoms with Crippen LogP contribution < -0.4 is 5.32 Å². The summed E-state index contributed by atoms with van der Waals surface area (Å²) >= 11 is 0. The average molecular weight is 264 g/mol. The van der Waals surface area contributed by atoms with Gasteiger partial charge in [0.15, 0.2) is 0 Å². The first-order chi connectivity index (χ1) is 9.00. The molecule has 2 heterocycles. The van der Waals surface area contributed by atoms with Gasteiger partial charge in [-0.05, 0) is 31.2 Å². The first-order valence-electron chi connectivity index (χ1n) is 6.52. The largest absolute Gasteiger partial charge is 0.478 e. The minimum Gasteiger partial charge on any atom is -0.478 e. The molecule has 0 spiro atoms. The van der Waals surface area contributed by atoms with Crippen molar-refractivity contribution >= 4 is 11.7 Å². The number of anilines is 1. The molecular formula is C14H20N2O3. The second-order valence-corrected chi connectivity index (χ2v) is 5.45. The highest BCUT2D eigenvalue weighted by molar-refractivity contribution is 5.93. The van der Waals surface area contributed by atoms with Gasteiger partial charge in [-0.25, -0.2) is 4.79 Å². The molecule has 0 unspecified atom stereocenters. The van der Waals surface area contributed by atoms with Crippen molar-refractivity contribution in [1.82, 2.24) is 4.98 Å². The van der Waals surface area contributed by atoms with Crippen molar-refractivity contribution in [1.29, 1.82) is 0 Å². The molecule has 0 amide bonds. The van der Waals surface area contributed by atoms with Crippen LogP contribution in [-0.4, -0.2) is 35.8 Å². The van der Waals surface area contributed by atoms with Gasteiger partial charge in [-0.1, -0.05) is 6.92 Å². The fourth-order valence-corrected chi connectivity index (χ4v) is 2.23. The SMILES string of the molecule is Cc1cc(NCC2(C)CCOCC2)c(C(=O)O)cn1. The lowest BCUT2D eigenvalue weighted by atomic mass is 9.82. The lowest BCUT2D eigenvalue weighted by Gasteiger charge is -2.34. The molecule has 104 valence electrons. The number of aryl methyl sites for hydroxylation is 1. The van der Waals surface area contributed by atoms with Gasteiger partial charge >= 0.3 is 5.97 Å². The van der Waals surface area contributed by atoms with Crippen LogP contribution in [0.2, 0.25) is 0 Å². The summed E-state index contributed by atoms with van der Waals surface area (Å²) in [6.07, 6.45) is 3.39. The highest BCUT2D eigenvalue weighted by Crippen LogP contribution is 2.30. The molecule has 0 radical (unpaired) electrons. The Kier molecular flexibility index (Phi) is 4.04. The molecule has 1 aliphatic heterocycles. The Labute approximate surface area is 113 Å². The van der Waals surface area contributed by atoms with Crippen LogP contribution >= 0.6 is 0 Å². The van der Waals surface area contributed by atoms with E-state index in [0.717, 1.165) is 38.3 Å². The number of nitrogens with zero attached hydrogens (tertiary/aromatic N) is 1. The van der Waals surface area contributed by atoms with Crippen molar-refractivity contribution in [2.24, 2.45) is 5.41 Å².